The second-order valence-electron chi connectivity index (χ2n) is 3.11. The highest BCUT2D eigenvalue weighted by molar-refractivity contribution is 5.13. The van der Waals surface area contributed by atoms with E-state index in [0.717, 1.165) is 6.42 Å². The van der Waals surface area contributed by atoms with E-state index < -0.39 is 0 Å². The van der Waals surface area contributed by atoms with Gasteiger partial charge in [0.1, 0.15) is 0 Å². The molecule has 0 aliphatic rings. The number of rotatable bonds is 4. The molecule has 0 unspecified atom stereocenters. The van der Waals surface area contributed by atoms with Crippen LogP contribution in [-0.4, -0.2) is 4.98 Å². The van der Waals surface area contributed by atoms with Gasteiger partial charge in [-0.3, -0.25) is 4.98 Å². The number of hydrogen-bond donors (Lipinski definition) is 0. The SMILES string of the molecule is CC.CCCCc1ccc(CC)nc1. The lowest BCUT2D eigenvalue weighted by Crippen LogP contribution is -1.90. The molecule has 0 bridgehead atoms. The third-order valence-corrected chi connectivity index (χ3v) is 2.07. The third-order valence-electron chi connectivity index (χ3n) is 2.07. The Morgan fingerprint density at radius 2 is 1.86 bits per heavy atom. The van der Waals surface area contributed by atoms with Crippen molar-refractivity contribution in [1.29, 1.82) is 0 Å². The van der Waals surface area contributed by atoms with Crippen molar-refractivity contribution < 1.29 is 0 Å². The standard InChI is InChI=1S/C11H17N.C2H6/c1-3-5-6-10-7-8-11(4-2)12-9-10;1-2/h7-9H,3-6H2,1-2H3;1-2H3. The quantitative estimate of drug-likeness (QED) is 0.704. The van der Waals surface area contributed by atoms with Crippen molar-refractivity contribution in [2.45, 2.75) is 53.4 Å². The summed E-state index contributed by atoms with van der Waals surface area (Å²) in [7, 11) is 0. The molecule has 80 valence electrons. The van der Waals surface area contributed by atoms with E-state index in [-0.39, 0.29) is 0 Å². The zero-order chi connectivity index (χ0) is 10.8. The van der Waals surface area contributed by atoms with Crippen LogP contribution in [0.3, 0.4) is 0 Å². The van der Waals surface area contributed by atoms with Crippen molar-refractivity contribution in [3.05, 3.63) is 29.6 Å². The van der Waals surface area contributed by atoms with Gasteiger partial charge in [0, 0.05) is 11.9 Å². The molecule has 0 aliphatic heterocycles. The van der Waals surface area contributed by atoms with Crippen LogP contribution >= 0.6 is 0 Å². The van der Waals surface area contributed by atoms with Gasteiger partial charge < -0.3 is 0 Å². The van der Waals surface area contributed by atoms with E-state index >= 15 is 0 Å². The maximum atomic E-state index is 4.35. The minimum Gasteiger partial charge on any atom is -0.261 e. The number of aryl methyl sites for hydroxylation is 2. The molecule has 0 spiro atoms. The van der Waals surface area contributed by atoms with Gasteiger partial charge in [-0.2, -0.15) is 0 Å². The molecule has 0 amide bonds. The van der Waals surface area contributed by atoms with Crippen LogP contribution in [0, 0.1) is 0 Å². The Morgan fingerprint density at radius 1 is 1.14 bits per heavy atom. The highest BCUT2D eigenvalue weighted by Gasteiger charge is 1.93. The van der Waals surface area contributed by atoms with Gasteiger partial charge in [-0.05, 0) is 30.9 Å². The van der Waals surface area contributed by atoms with Crippen LogP contribution in [0.15, 0.2) is 18.3 Å². The smallest absolute Gasteiger partial charge is 0.0401 e. The van der Waals surface area contributed by atoms with Crippen LogP contribution in [0.1, 0.15) is 51.8 Å². The summed E-state index contributed by atoms with van der Waals surface area (Å²) in [6, 6.07) is 4.33. The summed E-state index contributed by atoms with van der Waals surface area (Å²) in [5.74, 6) is 0. The molecule has 14 heavy (non-hydrogen) atoms. The molecule has 0 aliphatic carbocycles. The first-order valence-corrected chi connectivity index (χ1v) is 5.80. The van der Waals surface area contributed by atoms with Gasteiger partial charge >= 0.3 is 0 Å². The number of unbranched alkanes of at least 4 members (excludes halogenated alkanes) is 1. The Morgan fingerprint density at radius 3 is 2.29 bits per heavy atom. The minimum atomic E-state index is 1.04. The summed E-state index contributed by atoms with van der Waals surface area (Å²) in [6.07, 6.45) is 6.75. The highest BCUT2D eigenvalue weighted by Crippen LogP contribution is 2.04. The lowest BCUT2D eigenvalue weighted by Gasteiger charge is -1.99. The first-order valence-electron chi connectivity index (χ1n) is 5.80. The van der Waals surface area contributed by atoms with Crippen molar-refractivity contribution in [2.24, 2.45) is 0 Å². The zero-order valence-electron chi connectivity index (χ0n) is 10.0. The number of hydrogen-bond acceptors (Lipinski definition) is 1. The van der Waals surface area contributed by atoms with Crippen LogP contribution in [-0.2, 0) is 12.8 Å². The number of aromatic nitrogens is 1. The van der Waals surface area contributed by atoms with E-state index in [1.54, 1.807) is 0 Å². The summed E-state index contributed by atoms with van der Waals surface area (Å²) in [5, 5.41) is 0. The lowest BCUT2D eigenvalue weighted by atomic mass is 10.1. The van der Waals surface area contributed by atoms with Crippen molar-refractivity contribution in [1.82, 2.24) is 4.98 Å². The van der Waals surface area contributed by atoms with E-state index in [4.69, 9.17) is 0 Å². The van der Waals surface area contributed by atoms with Gasteiger partial charge in [-0.15, -0.1) is 0 Å². The molecule has 1 aromatic heterocycles. The fraction of sp³-hybridized carbons (Fsp3) is 0.615. The molecule has 0 N–H and O–H groups in total. The van der Waals surface area contributed by atoms with Crippen molar-refractivity contribution in [3.8, 4) is 0 Å². The van der Waals surface area contributed by atoms with Gasteiger partial charge in [-0.25, -0.2) is 0 Å². The average molecular weight is 193 g/mol. The molecule has 1 rings (SSSR count). The Bertz CT molecular complexity index is 213. The van der Waals surface area contributed by atoms with E-state index in [1.807, 2.05) is 20.0 Å². The molecule has 0 aromatic carbocycles. The average Bonchev–Trinajstić information content (AvgIpc) is 2.30. The molecular formula is C13H23N. The molecule has 1 aromatic rings. The van der Waals surface area contributed by atoms with Crippen LogP contribution in [0.5, 0.6) is 0 Å². The Kier molecular flexibility index (Phi) is 8.20. The highest BCUT2D eigenvalue weighted by atomic mass is 14.7. The first kappa shape index (κ1) is 13.2. The molecular weight excluding hydrogens is 170 g/mol. The molecule has 1 heterocycles. The van der Waals surface area contributed by atoms with Gasteiger partial charge in [0.05, 0.1) is 0 Å². The predicted octanol–water partition coefficient (Wildman–Crippen LogP) is 4.01. The van der Waals surface area contributed by atoms with Crippen LogP contribution in [0.25, 0.3) is 0 Å². The molecule has 0 atom stereocenters. The molecule has 0 fully saturated rings. The van der Waals surface area contributed by atoms with Crippen molar-refractivity contribution >= 4 is 0 Å². The largest absolute Gasteiger partial charge is 0.261 e. The summed E-state index contributed by atoms with van der Waals surface area (Å²) in [4.78, 5) is 4.35. The van der Waals surface area contributed by atoms with Crippen molar-refractivity contribution in [3.63, 3.8) is 0 Å². The van der Waals surface area contributed by atoms with Crippen LogP contribution in [0.2, 0.25) is 0 Å². The van der Waals surface area contributed by atoms with Gasteiger partial charge in [0.25, 0.3) is 0 Å². The maximum absolute atomic E-state index is 4.35. The van der Waals surface area contributed by atoms with E-state index in [1.165, 1.54) is 30.5 Å². The van der Waals surface area contributed by atoms with Gasteiger partial charge in [0.2, 0.25) is 0 Å². The molecule has 1 heteroatoms. The van der Waals surface area contributed by atoms with E-state index in [9.17, 15) is 0 Å². The first-order chi connectivity index (χ1) is 6.86. The molecule has 1 nitrogen and oxygen atoms in total. The monoisotopic (exact) mass is 193 g/mol. The molecule has 0 radical (unpaired) electrons. The maximum Gasteiger partial charge on any atom is 0.0401 e. The summed E-state index contributed by atoms with van der Waals surface area (Å²) in [5.41, 5.74) is 2.56. The Hall–Kier alpha value is -0.850. The zero-order valence-corrected chi connectivity index (χ0v) is 10.0. The topological polar surface area (TPSA) is 12.9 Å². The Labute approximate surface area is 88.6 Å². The van der Waals surface area contributed by atoms with Gasteiger partial charge in [0.15, 0.2) is 0 Å². The second kappa shape index (κ2) is 8.74. The third kappa shape index (κ3) is 5.00. The van der Waals surface area contributed by atoms with E-state index in [0.29, 0.717) is 0 Å². The molecule has 0 saturated carbocycles. The minimum absolute atomic E-state index is 1.04. The second-order valence-corrected chi connectivity index (χ2v) is 3.11. The lowest BCUT2D eigenvalue weighted by molar-refractivity contribution is 0.790. The summed E-state index contributed by atoms with van der Waals surface area (Å²) >= 11 is 0. The van der Waals surface area contributed by atoms with Crippen LogP contribution < -0.4 is 0 Å². The summed E-state index contributed by atoms with van der Waals surface area (Å²) < 4.78 is 0. The normalized spacial score (nSPS) is 9.14. The molecule has 0 saturated heterocycles. The Balaban J connectivity index is 0.000000791. The van der Waals surface area contributed by atoms with Gasteiger partial charge in [-0.1, -0.05) is 40.2 Å². The fourth-order valence-corrected chi connectivity index (χ4v) is 1.19. The van der Waals surface area contributed by atoms with Crippen LogP contribution in [0.4, 0.5) is 0 Å². The number of nitrogens with zero attached hydrogens (tertiary/aromatic N) is 1. The van der Waals surface area contributed by atoms with Crippen molar-refractivity contribution in [2.75, 3.05) is 0 Å². The summed E-state index contributed by atoms with van der Waals surface area (Å²) in [6.45, 7) is 8.35. The number of pyridine rings is 1. The predicted molar refractivity (Wildman–Crippen MR) is 63.6 cm³/mol. The van der Waals surface area contributed by atoms with E-state index in [2.05, 4.69) is 31.0 Å². The fourth-order valence-electron chi connectivity index (χ4n) is 1.19.